The summed E-state index contributed by atoms with van der Waals surface area (Å²) >= 11 is 0. The van der Waals surface area contributed by atoms with Crippen LogP contribution in [0.5, 0.6) is 0 Å². The van der Waals surface area contributed by atoms with E-state index in [1.165, 1.54) is 6.08 Å². The van der Waals surface area contributed by atoms with Crippen LogP contribution in [-0.4, -0.2) is 75.7 Å². The first-order valence-corrected chi connectivity index (χ1v) is 13.9. The van der Waals surface area contributed by atoms with Crippen LogP contribution in [0.3, 0.4) is 0 Å². The molecular formula is C31H42N2O6. The van der Waals surface area contributed by atoms with E-state index in [1.54, 1.807) is 15.9 Å². The number of nitrogens with zero attached hydrogens (tertiary/aromatic N) is 2. The molecule has 3 heterocycles. The zero-order valence-electron chi connectivity index (χ0n) is 23.5. The van der Waals surface area contributed by atoms with Crippen LogP contribution in [0.2, 0.25) is 0 Å². The summed E-state index contributed by atoms with van der Waals surface area (Å²) in [4.78, 5) is 45.6. The number of amides is 2. The maximum atomic E-state index is 14.6. The van der Waals surface area contributed by atoms with Gasteiger partial charge in [-0.15, -0.1) is 6.58 Å². The van der Waals surface area contributed by atoms with Gasteiger partial charge in [0, 0.05) is 13.1 Å². The normalized spacial score (nSPS) is 31.7. The monoisotopic (exact) mass is 538 g/mol. The molecule has 4 rings (SSSR count). The lowest BCUT2D eigenvalue weighted by Gasteiger charge is -2.40. The number of aliphatic hydroxyl groups excluding tert-OH is 1. The number of rotatable bonds is 12. The first-order chi connectivity index (χ1) is 18.5. The second-order valence-electron chi connectivity index (χ2n) is 11.8. The van der Waals surface area contributed by atoms with Crippen LogP contribution in [0.1, 0.15) is 46.1 Å². The van der Waals surface area contributed by atoms with Crippen molar-refractivity contribution in [2.75, 3.05) is 19.8 Å². The molecule has 0 saturated carbocycles. The summed E-state index contributed by atoms with van der Waals surface area (Å²) in [6, 6.07) is 8.06. The van der Waals surface area contributed by atoms with Crippen LogP contribution < -0.4 is 0 Å². The molecule has 3 aliphatic rings. The number of carbonyl (C=O) groups is 3. The summed E-state index contributed by atoms with van der Waals surface area (Å²) in [5, 5.41) is 10.5. The molecule has 0 aliphatic carbocycles. The minimum Gasteiger partial charge on any atom is -0.461 e. The van der Waals surface area contributed by atoms with Gasteiger partial charge in [-0.1, -0.05) is 69.8 Å². The van der Waals surface area contributed by atoms with E-state index in [9.17, 15) is 19.5 Å². The number of benzene rings is 1. The highest BCUT2D eigenvalue weighted by atomic mass is 16.6. The highest BCUT2D eigenvalue weighted by Crippen LogP contribution is 2.65. The van der Waals surface area contributed by atoms with Crippen molar-refractivity contribution in [2.45, 2.75) is 70.4 Å². The Morgan fingerprint density at radius 1 is 1.26 bits per heavy atom. The average Bonchev–Trinajstić information content (AvgIpc) is 3.42. The van der Waals surface area contributed by atoms with E-state index in [-0.39, 0.29) is 43.4 Å². The van der Waals surface area contributed by atoms with Crippen LogP contribution in [0.25, 0.3) is 0 Å². The van der Waals surface area contributed by atoms with Gasteiger partial charge in [0.05, 0.1) is 24.2 Å². The minimum atomic E-state index is -1.21. The van der Waals surface area contributed by atoms with Gasteiger partial charge in [-0.2, -0.15) is 0 Å². The first-order valence-electron chi connectivity index (χ1n) is 13.9. The summed E-state index contributed by atoms with van der Waals surface area (Å²) in [6.07, 6.45) is 4.11. The molecule has 1 aromatic rings. The summed E-state index contributed by atoms with van der Waals surface area (Å²) in [5.74, 6) is -2.80. The predicted molar refractivity (Wildman–Crippen MR) is 147 cm³/mol. The van der Waals surface area contributed by atoms with E-state index in [0.29, 0.717) is 19.4 Å². The fraction of sp³-hybridized carbons (Fsp3) is 0.581. The molecule has 0 radical (unpaired) electrons. The molecule has 2 bridgehead atoms. The molecule has 0 aromatic heterocycles. The lowest BCUT2D eigenvalue weighted by atomic mass is 9.62. The van der Waals surface area contributed by atoms with E-state index in [1.807, 2.05) is 58.0 Å². The number of aliphatic hydroxyl groups is 1. The summed E-state index contributed by atoms with van der Waals surface area (Å²) in [6.45, 7) is 15.7. The number of esters is 1. The molecule has 7 atom stereocenters. The van der Waals surface area contributed by atoms with Gasteiger partial charge in [0.25, 0.3) is 0 Å². The molecule has 1 aromatic carbocycles. The van der Waals surface area contributed by atoms with Crippen LogP contribution in [0.4, 0.5) is 0 Å². The van der Waals surface area contributed by atoms with Crippen molar-refractivity contribution in [2.24, 2.45) is 23.7 Å². The standard InChI is InChI=1S/C31H42N2O6/c1-7-14-32(18-22-12-10-9-11-13-22)28(36)26-31-17-21(5)30(6,39-31)25(29(37)38-15-8-2)24(31)27(35)33(26)23(19-34)16-20(3)4/h7-13,20-21,23-26,34H,1-2,14-19H2,3-6H3/t21?,23-,24+,25+,26?,30-,31?/m1/s1. The van der Waals surface area contributed by atoms with Gasteiger partial charge < -0.3 is 24.4 Å². The Morgan fingerprint density at radius 3 is 2.54 bits per heavy atom. The fourth-order valence-corrected chi connectivity index (χ4v) is 7.12. The minimum absolute atomic E-state index is 0.0244. The largest absolute Gasteiger partial charge is 0.461 e. The van der Waals surface area contributed by atoms with Crippen LogP contribution in [0, 0.1) is 23.7 Å². The molecule has 8 nitrogen and oxygen atoms in total. The number of likely N-dealkylation sites (tertiary alicyclic amines) is 1. The van der Waals surface area contributed by atoms with Crippen LogP contribution in [0.15, 0.2) is 55.6 Å². The van der Waals surface area contributed by atoms with Crippen molar-refractivity contribution in [1.29, 1.82) is 0 Å². The number of fused-ring (bicyclic) bond motifs is 1. The predicted octanol–water partition coefficient (Wildman–Crippen LogP) is 3.35. The number of ether oxygens (including phenoxy) is 2. The summed E-state index contributed by atoms with van der Waals surface area (Å²) in [7, 11) is 0. The van der Waals surface area contributed by atoms with Crippen molar-refractivity contribution in [3.05, 3.63) is 61.2 Å². The highest BCUT2D eigenvalue weighted by molar-refractivity contribution is 5.98. The van der Waals surface area contributed by atoms with Crippen LogP contribution >= 0.6 is 0 Å². The Kier molecular flexibility index (Phi) is 8.38. The van der Waals surface area contributed by atoms with Gasteiger partial charge in [0.2, 0.25) is 11.8 Å². The zero-order valence-corrected chi connectivity index (χ0v) is 23.5. The van der Waals surface area contributed by atoms with Gasteiger partial charge in [-0.05, 0) is 37.2 Å². The highest BCUT2D eigenvalue weighted by Gasteiger charge is 2.80. The van der Waals surface area contributed by atoms with E-state index >= 15 is 0 Å². The zero-order chi connectivity index (χ0) is 28.5. The Bertz CT molecular complexity index is 1110. The SMILES string of the molecule is C=CCOC(=O)[C@@H]1[C@H]2C(=O)N([C@@H](CO)CC(C)C)C(C(=O)N(CC=C)Cc3ccccc3)C23CC(C)[C@@]1(C)O3. The fourth-order valence-electron chi connectivity index (χ4n) is 7.12. The quantitative estimate of drug-likeness (QED) is 0.324. The van der Waals surface area contributed by atoms with E-state index in [0.717, 1.165) is 5.56 Å². The van der Waals surface area contributed by atoms with Gasteiger partial charge in [-0.25, -0.2) is 0 Å². The molecule has 1 N–H and O–H groups in total. The number of hydrogen-bond donors (Lipinski definition) is 1. The molecule has 1 spiro atoms. The van der Waals surface area contributed by atoms with Gasteiger partial charge in [-0.3, -0.25) is 14.4 Å². The lowest BCUT2D eigenvalue weighted by molar-refractivity contribution is -0.163. The first kappa shape index (κ1) is 29.0. The number of carbonyl (C=O) groups excluding carboxylic acids is 3. The van der Waals surface area contributed by atoms with Gasteiger partial charge in [0.15, 0.2) is 0 Å². The smallest absolute Gasteiger partial charge is 0.313 e. The summed E-state index contributed by atoms with van der Waals surface area (Å²) in [5.41, 5.74) is -1.22. The Morgan fingerprint density at radius 2 is 1.95 bits per heavy atom. The molecule has 3 aliphatic heterocycles. The molecular weight excluding hydrogens is 496 g/mol. The lowest BCUT2D eigenvalue weighted by Crippen LogP contribution is -2.59. The number of hydrogen-bond acceptors (Lipinski definition) is 6. The van der Waals surface area contributed by atoms with E-state index in [2.05, 4.69) is 13.2 Å². The van der Waals surface area contributed by atoms with E-state index in [4.69, 9.17) is 9.47 Å². The third kappa shape index (κ3) is 4.82. The molecule has 8 heteroatoms. The second kappa shape index (κ2) is 11.3. The third-order valence-electron chi connectivity index (χ3n) is 8.81. The van der Waals surface area contributed by atoms with E-state index < -0.39 is 41.1 Å². The maximum Gasteiger partial charge on any atom is 0.313 e. The van der Waals surface area contributed by atoms with Crippen molar-refractivity contribution in [1.82, 2.24) is 9.80 Å². The average molecular weight is 539 g/mol. The van der Waals surface area contributed by atoms with Crippen molar-refractivity contribution >= 4 is 17.8 Å². The van der Waals surface area contributed by atoms with Crippen molar-refractivity contribution in [3.63, 3.8) is 0 Å². The van der Waals surface area contributed by atoms with Gasteiger partial charge >= 0.3 is 5.97 Å². The molecule has 3 saturated heterocycles. The van der Waals surface area contributed by atoms with Crippen molar-refractivity contribution in [3.8, 4) is 0 Å². The topological polar surface area (TPSA) is 96.4 Å². The molecule has 39 heavy (non-hydrogen) atoms. The molecule has 3 fully saturated rings. The molecule has 2 amide bonds. The molecule has 212 valence electrons. The Hall–Kier alpha value is -2.97. The third-order valence-corrected chi connectivity index (χ3v) is 8.81. The van der Waals surface area contributed by atoms with Crippen LogP contribution in [-0.2, 0) is 30.4 Å². The van der Waals surface area contributed by atoms with Gasteiger partial charge in [0.1, 0.15) is 24.2 Å². The Balaban J connectivity index is 1.82. The maximum absolute atomic E-state index is 14.6. The van der Waals surface area contributed by atoms with Crippen molar-refractivity contribution < 1.29 is 29.0 Å². The Labute approximate surface area is 231 Å². The summed E-state index contributed by atoms with van der Waals surface area (Å²) < 4.78 is 12.2. The molecule has 3 unspecified atom stereocenters. The second-order valence-corrected chi connectivity index (χ2v) is 11.8.